The Labute approximate surface area is 144 Å². The average Bonchev–Trinajstić information content (AvgIpc) is 2.47. The molecular weight excluding hydrogens is 403 g/mol. The zero-order valence-corrected chi connectivity index (χ0v) is 12.8. The number of carbonyl (C=O) groups excluding carboxylic acids is 1. The monoisotopic (exact) mass is 412 g/mol. The van der Waals surface area contributed by atoms with Crippen LogP contribution in [0.4, 0.5) is 39.5 Å². The molecule has 13 heteroatoms. The number of aliphatic carboxylic acids is 1. The Kier molecular flexibility index (Phi) is 6.08. The lowest BCUT2D eigenvalue weighted by Gasteiger charge is -2.29. The van der Waals surface area contributed by atoms with E-state index in [0.29, 0.717) is 0 Å². The second-order valence-corrected chi connectivity index (χ2v) is 5.27. The largest absolute Gasteiger partial charge is 0.480 e. The summed E-state index contributed by atoms with van der Waals surface area (Å²) in [5, 5.41) is 9.17. The van der Waals surface area contributed by atoms with Crippen molar-refractivity contribution in [3.05, 3.63) is 35.4 Å². The van der Waals surface area contributed by atoms with Gasteiger partial charge in [-0.15, -0.1) is 0 Å². The highest BCUT2D eigenvalue weighted by molar-refractivity contribution is 6.05. The molecule has 1 aromatic carbocycles. The predicted molar refractivity (Wildman–Crippen MR) is 68.4 cm³/mol. The Balaban J connectivity index is 3.48. The van der Waals surface area contributed by atoms with E-state index in [1.807, 2.05) is 0 Å². The first kappa shape index (κ1) is 22.6. The van der Waals surface area contributed by atoms with Gasteiger partial charge >= 0.3 is 30.5 Å². The molecule has 0 spiro atoms. The first-order chi connectivity index (χ1) is 12.0. The highest BCUT2D eigenvalue weighted by atomic mass is 19.4. The van der Waals surface area contributed by atoms with Gasteiger partial charge in [-0.1, -0.05) is 12.1 Å². The minimum atomic E-state index is -5.38. The van der Waals surface area contributed by atoms with Gasteiger partial charge in [0, 0.05) is 0 Å². The molecule has 0 aliphatic rings. The summed E-state index contributed by atoms with van der Waals surface area (Å²) in [5.41, 5.74) is -6.21. The predicted octanol–water partition coefficient (Wildman–Crippen LogP) is 4.09. The summed E-state index contributed by atoms with van der Waals surface area (Å²) in [7, 11) is 0. The standard InChI is InChI=1S/C14H9F9O4/c15-12(16,17)5-11(9(24)25,10(26)27-6-13(18,19)20)7-1-3-8(4-2-7)14(21,22)23/h1-4H,5-6H2,(H,24,25). The van der Waals surface area contributed by atoms with Crippen molar-refractivity contribution in [2.24, 2.45) is 0 Å². The third-order valence-corrected chi connectivity index (χ3v) is 3.25. The van der Waals surface area contributed by atoms with E-state index in [1.165, 1.54) is 0 Å². The van der Waals surface area contributed by atoms with E-state index in [4.69, 9.17) is 5.11 Å². The van der Waals surface area contributed by atoms with Gasteiger partial charge in [0.2, 0.25) is 0 Å². The molecule has 0 aliphatic carbocycles. The lowest BCUT2D eigenvalue weighted by atomic mass is 9.77. The number of carboxylic acid groups (broad SMARTS) is 1. The van der Waals surface area contributed by atoms with Crippen LogP contribution in [0.5, 0.6) is 0 Å². The summed E-state index contributed by atoms with van der Waals surface area (Å²) in [6, 6.07) is 0.913. The molecule has 1 rings (SSSR count). The van der Waals surface area contributed by atoms with Gasteiger partial charge in [-0.25, -0.2) is 0 Å². The molecule has 1 unspecified atom stereocenters. The number of hydrogen-bond acceptors (Lipinski definition) is 3. The molecule has 0 saturated heterocycles. The van der Waals surface area contributed by atoms with Crippen molar-refractivity contribution in [2.45, 2.75) is 30.4 Å². The van der Waals surface area contributed by atoms with Gasteiger partial charge in [0.25, 0.3) is 0 Å². The van der Waals surface area contributed by atoms with Crippen molar-refractivity contribution < 1.29 is 58.9 Å². The third kappa shape index (κ3) is 5.76. The number of carboxylic acids is 1. The molecule has 152 valence electrons. The van der Waals surface area contributed by atoms with Gasteiger partial charge in [0.1, 0.15) is 0 Å². The van der Waals surface area contributed by atoms with E-state index in [1.54, 1.807) is 0 Å². The molecule has 0 fully saturated rings. The number of esters is 1. The topological polar surface area (TPSA) is 63.6 Å². The fourth-order valence-electron chi connectivity index (χ4n) is 2.09. The molecule has 0 aliphatic heterocycles. The first-order valence-electron chi connectivity index (χ1n) is 6.71. The maximum atomic E-state index is 12.8. The fraction of sp³-hybridized carbons (Fsp3) is 0.429. The number of ether oxygens (including phenoxy) is 1. The number of rotatable bonds is 5. The summed E-state index contributed by atoms with van der Waals surface area (Å²) in [6.45, 7) is -2.38. The Morgan fingerprint density at radius 2 is 1.26 bits per heavy atom. The molecule has 27 heavy (non-hydrogen) atoms. The van der Waals surface area contributed by atoms with E-state index in [2.05, 4.69) is 4.74 Å². The Morgan fingerprint density at radius 3 is 1.59 bits per heavy atom. The summed E-state index contributed by atoms with van der Waals surface area (Å²) >= 11 is 0. The zero-order valence-electron chi connectivity index (χ0n) is 12.8. The van der Waals surface area contributed by atoms with Crippen LogP contribution in [0.15, 0.2) is 24.3 Å². The van der Waals surface area contributed by atoms with Crippen molar-refractivity contribution in [1.29, 1.82) is 0 Å². The van der Waals surface area contributed by atoms with Gasteiger partial charge in [-0.05, 0) is 17.7 Å². The summed E-state index contributed by atoms with van der Waals surface area (Å²) in [5.74, 6) is -4.95. The molecule has 1 N–H and O–H groups in total. The van der Waals surface area contributed by atoms with Crippen LogP contribution in [-0.2, 0) is 25.9 Å². The number of halogens is 9. The van der Waals surface area contributed by atoms with E-state index in [9.17, 15) is 49.1 Å². The Morgan fingerprint density at radius 1 is 0.815 bits per heavy atom. The number of alkyl halides is 9. The average molecular weight is 412 g/mol. The number of carbonyl (C=O) groups is 2. The lowest BCUT2D eigenvalue weighted by Crippen LogP contribution is -2.48. The quantitative estimate of drug-likeness (QED) is 0.450. The van der Waals surface area contributed by atoms with Gasteiger partial charge < -0.3 is 9.84 Å². The van der Waals surface area contributed by atoms with Crippen molar-refractivity contribution >= 4 is 11.9 Å². The number of benzene rings is 1. The van der Waals surface area contributed by atoms with E-state index in [-0.39, 0.29) is 24.3 Å². The third-order valence-electron chi connectivity index (χ3n) is 3.25. The van der Waals surface area contributed by atoms with E-state index in [0.717, 1.165) is 0 Å². The smallest absolute Gasteiger partial charge is 0.422 e. The molecule has 1 aromatic rings. The molecule has 0 bridgehead atoms. The molecule has 0 aromatic heterocycles. The van der Waals surface area contributed by atoms with Crippen LogP contribution < -0.4 is 0 Å². The highest BCUT2D eigenvalue weighted by Crippen LogP contribution is 2.40. The highest BCUT2D eigenvalue weighted by Gasteiger charge is 2.57. The fourth-order valence-corrected chi connectivity index (χ4v) is 2.09. The summed E-state index contributed by atoms with van der Waals surface area (Å²) < 4.78 is 116. The first-order valence-corrected chi connectivity index (χ1v) is 6.71. The Hall–Kier alpha value is -2.47. The Bertz CT molecular complexity index is 689. The maximum absolute atomic E-state index is 12.8. The SMILES string of the molecule is O=C(O)C(CC(F)(F)F)(C(=O)OCC(F)(F)F)c1ccc(C(F)(F)F)cc1. The van der Waals surface area contributed by atoms with Crippen LogP contribution >= 0.6 is 0 Å². The maximum Gasteiger partial charge on any atom is 0.422 e. The van der Waals surface area contributed by atoms with Gasteiger partial charge in [0.15, 0.2) is 12.0 Å². The molecule has 4 nitrogen and oxygen atoms in total. The minimum Gasteiger partial charge on any atom is -0.480 e. The molecule has 0 saturated carbocycles. The molecule has 0 amide bonds. The van der Waals surface area contributed by atoms with Crippen LogP contribution in [0.1, 0.15) is 17.5 Å². The normalized spacial score (nSPS) is 15.1. The van der Waals surface area contributed by atoms with Crippen LogP contribution in [0, 0.1) is 0 Å². The second-order valence-electron chi connectivity index (χ2n) is 5.27. The van der Waals surface area contributed by atoms with E-state index >= 15 is 0 Å². The molecule has 0 heterocycles. The summed E-state index contributed by atoms with van der Waals surface area (Å²) in [6.07, 6.45) is -18.0. The zero-order chi connectivity index (χ0) is 21.3. The van der Waals surface area contributed by atoms with Crippen LogP contribution in [0.25, 0.3) is 0 Å². The molecule has 0 radical (unpaired) electrons. The van der Waals surface area contributed by atoms with Crippen molar-refractivity contribution in [1.82, 2.24) is 0 Å². The van der Waals surface area contributed by atoms with Gasteiger partial charge in [-0.3, -0.25) is 9.59 Å². The van der Waals surface area contributed by atoms with Gasteiger partial charge in [0.05, 0.1) is 12.0 Å². The van der Waals surface area contributed by atoms with Crippen LogP contribution in [-0.4, -0.2) is 36.0 Å². The van der Waals surface area contributed by atoms with Crippen LogP contribution in [0.2, 0.25) is 0 Å². The van der Waals surface area contributed by atoms with Crippen LogP contribution in [0.3, 0.4) is 0 Å². The van der Waals surface area contributed by atoms with Crippen molar-refractivity contribution in [3.63, 3.8) is 0 Å². The van der Waals surface area contributed by atoms with Crippen molar-refractivity contribution in [2.75, 3.05) is 6.61 Å². The van der Waals surface area contributed by atoms with Gasteiger partial charge in [-0.2, -0.15) is 39.5 Å². The second kappa shape index (κ2) is 7.27. The minimum absolute atomic E-state index is 0.195. The lowest BCUT2D eigenvalue weighted by molar-refractivity contribution is -0.201. The van der Waals surface area contributed by atoms with Crippen molar-refractivity contribution in [3.8, 4) is 0 Å². The summed E-state index contributed by atoms with van der Waals surface area (Å²) in [4.78, 5) is 23.3. The molecular formula is C14H9F9O4. The number of hydrogen-bond donors (Lipinski definition) is 1. The van der Waals surface area contributed by atoms with E-state index < -0.39 is 60.0 Å². The molecule has 1 atom stereocenters.